The molecule has 0 spiro atoms. The van der Waals surface area contributed by atoms with Crippen LogP contribution in [-0.2, 0) is 6.18 Å². The molecule has 1 aromatic heterocycles. The molecule has 0 unspecified atom stereocenters. The normalized spacial score (nSPS) is 11.5. The Morgan fingerprint density at radius 2 is 1.63 bits per heavy atom. The summed E-state index contributed by atoms with van der Waals surface area (Å²) in [5.41, 5.74) is 1.38. The lowest BCUT2D eigenvalue weighted by Crippen LogP contribution is -2.19. The molecule has 5 nitrogen and oxygen atoms in total. The lowest BCUT2D eigenvalue weighted by atomic mass is 10.2. The van der Waals surface area contributed by atoms with Gasteiger partial charge in [-0.25, -0.2) is 4.98 Å². The number of nitrogens with zero attached hydrogens (tertiary/aromatic N) is 3. The first-order valence-corrected chi connectivity index (χ1v) is 9.42. The zero-order chi connectivity index (χ0) is 21.9. The highest BCUT2D eigenvalue weighted by atomic mass is 19.4. The quantitative estimate of drug-likeness (QED) is 0.526. The number of aromatic nitrogens is 2. The van der Waals surface area contributed by atoms with E-state index in [1.165, 1.54) is 11.9 Å². The molecule has 0 bridgehead atoms. The molecule has 0 amide bonds. The number of hydrogen-bond acceptors (Lipinski definition) is 5. The molecule has 1 heterocycles. The van der Waals surface area contributed by atoms with Gasteiger partial charge in [-0.1, -0.05) is 17.7 Å². The maximum Gasteiger partial charge on any atom is 0.421 e. The zero-order valence-electron chi connectivity index (χ0n) is 17.2. The Morgan fingerprint density at radius 1 is 1.00 bits per heavy atom. The molecular formula is C22H23F3N4O. The average molecular weight is 416 g/mol. The minimum atomic E-state index is -4.59. The standard InChI is InChI=1S/C22H23F3N4O/c1-14(2)30-18-11-9-17(10-12-18)29(4)20-19(22(23,24)25)13-26-21(28-20)27-16-7-5-15(3)6-8-16/h5-14H,1-4H3,(H,26,27,28). The highest BCUT2D eigenvalue weighted by molar-refractivity contribution is 5.65. The molecule has 3 rings (SSSR count). The SMILES string of the molecule is Cc1ccc(Nc2ncc(C(F)(F)F)c(N(C)c3ccc(OC(C)C)cc3)n2)cc1. The fourth-order valence-corrected chi connectivity index (χ4v) is 2.80. The fraction of sp³-hybridized carbons (Fsp3) is 0.273. The number of benzene rings is 2. The van der Waals surface area contributed by atoms with Crippen LogP contribution >= 0.6 is 0 Å². The highest BCUT2D eigenvalue weighted by Gasteiger charge is 2.36. The van der Waals surface area contributed by atoms with Crippen LogP contribution in [0, 0.1) is 6.92 Å². The minimum Gasteiger partial charge on any atom is -0.491 e. The van der Waals surface area contributed by atoms with Gasteiger partial charge in [0, 0.05) is 24.6 Å². The van der Waals surface area contributed by atoms with Gasteiger partial charge in [0.05, 0.1) is 6.10 Å². The summed E-state index contributed by atoms with van der Waals surface area (Å²) in [5, 5.41) is 2.95. The molecule has 0 aliphatic heterocycles. The summed E-state index contributed by atoms with van der Waals surface area (Å²) in [6.45, 7) is 5.75. The van der Waals surface area contributed by atoms with Crippen LogP contribution in [0.5, 0.6) is 5.75 Å². The monoisotopic (exact) mass is 416 g/mol. The molecule has 2 aromatic carbocycles. The van der Waals surface area contributed by atoms with E-state index in [1.54, 1.807) is 24.3 Å². The molecule has 0 aliphatic carbocycles. The van der Waals surface area contributed by atoms with Crippen LogP contribution in [-0.4, -0.2) is 23.1 Å². The molecule has 0 saturated heterocycles. The van der Waals surface area contributed by atoms with Crippen molar-refractivity contribution in [2.75, 3.05) is 17.3 Å². The number of rotatable bonds is 6. The van der Waals surface area contributed by atoms with Crippen molar-refractivity contribution in [1.82, 2.24) is 9.97 Å². The molecule has 158 valence electrons. The van der Waals surface area contributed by atoms with Gasteiger partial charge < -0.3 is 15.0 Å². The van der Waals surface area contributed by atoms with Gasteiger partial charge in [0.25, 0.3) is 0 Å². The molecule has 30 heavy (non-hydrogen) atoms. The van der Waals surface area contributed by atoms with Gasteiger partial charge in [0.15, 0.2) is 5.82 Å². The predicted octanol–water partition coefficient (Wildman–Crippen LogP) is 6.10. The summed E-state index contributed by atoms with van der Waals surface area (Å²) in [6, 6.07) is 14.2. The van der Waals surface area contributed by atoms with E-state index in [4.69, 9.17) is 4.74 Å². The number of aryl methyl sites for hydroxylation is 1. The first-order valence-electron chi connectivity index (χ1n) is 9.42. The second-order valence-corrected chi connectivity index (χ2v) is 7.14. The van der Waals surface area contributed by atoms with E-state index in [1.807, 2.05) is 45.0 Å². The Bertz CT molecular complexity index is 987. The first-order chi connectivity index (χ1) is 14.1. The van der Waals surface area contributed by atoms with Gasteiger partial charge in [0.2, 0.25) is 5.95 Å². The molecule has 3 aromatic rings. The van der Waals surface area contributed by atoms with Crippen LogP contribution in [0.2, 0.25) is 0 Å². The van der Waals surface area contributed by atoms with E-state index in [0.29, 0.717) is 17.1 Å². The maximum absolute atomic E-state index is 13.6. The Labute approximate surface area is 173 Å². The Kier molecular flexibility index (Phi) is 6.14. The number of halogens is 3. The third-order valence-corrected chi connectivity index (χ3v) is 4.30. The van der Waals surface area contributed by atoms with E-state index >= 15 is 0 Å². The predicted molar refractivity (Wildman–Crippen MR) is 112 cm³/mol. The van der Waals surface area contributed by atoms with Crippen LogP contribution in [0.4, 0.5) is 36.3 Å². The molecule has 8 heteroatoms. The molecule has 0 saturated carbocycles. The van der Waals surface area contributed by atoms with Crippen LogP contribution in [0.1, 0.15) is 25.0 Å². The Hall–Kier alpha value is -3.29. The molecule has 0 aliphatic rings. The van der Waals surface area contributed by atoms with Gasteiger partial charge in [0.1, 0.15) is 11.3 Å². The van der Waals surface area contributed by atoms with Crippen molar-refractivity contribution >= 4 is 23.1 Å². The fourth-order valence-electron chi connectivity index (χ4n) is 2.80. The Morgan fingerprint density at radius 3 is 2.20 bits per heavy atom. The summed E-state index contributed by atoms with van der Waals surface area (Å²) < 4.78 is 46.4. The van der Waals surface area contributed by atoms with E-state index in [2.05, 4.69) is 15.3 Å². The van der Waals surface area contributed by atoms with Gasteiger partial charge in [-0.15, -0.1) is 0 Å². The third kappa shape index (κ3) is 5.20. The second kappa shape index (κ2) is 8.61. The van der Waals surface area contributed by atoms with Crippen molar-refractivity contribution in [3.8, 4) is 5.75 Å². The third-order valence-electron chi connectivity index (χ3n) is 4.30. The van der Waals surface area contributed by atoms with Gasteiger partial charge in [-0.2, -0.15) is 18.2 Å². The largest absolute Gasteiger partial charge is 0.491 e. The summed E-state index contributed by atoms with van der Waals surface area (Å²) >= 11 is 0. The maximum atomic E-state index is 13.6. The average Bonchev–Trinajstić information content (AvgIpc) is 2.68. The smallest absolute Gasteiger partial charge is 0.421 e. The minimum absolute atomic E-state index is 0.00248. The zero-order valence-corrected chi connectivity index (χ0v) is 17.2. The summed E-state index contributed by atoms with van der Waals surface area (Å²) in [7, 11) is 1.53. The lowest BCUT2D eigenvalue weighted by Gasteiger charge is -2.23. The van der Waals surface area contributed by atoms with E-state index in [0.717, 1.165) is 11.8 Å². The second-order valence-electron chi connectivity index (χ2n) is 7.14. The van der Waals surface area contributed by atoms with Gasteiger partial charge >= 0.3 is 6.18 Å². The number of ether oxygens (including phenoxy) is 1. The van der Waals surface area contributed by atoms with Gasteiger partial charge in [-0.05, 0) is 57.2 Å². The summed E-state index contributed by atoms with van der Waals surface area (Å²) in [6.07, 6.45) is -3.79. The summed E-state index contributed by atoms with van der Waals surface area (Å²) in [5.74, 6) is 0.473. The van der Waals surface area contributed by atoms with Crippen LogP contribution in [0.25, 0.3) is 0 Å². The number of hydrogen-bond donors (Lipinski definition) is 1. The van der Waals surface area contributed by atoms with E-state index < -0.39 is 11.7 Å². The molecular weight excluding hydrogens is 393 g/mol. The van der Waals surface area contributed by atoms with Crippen molar-refractivity contribution in [1.29, 1.82) is 0 Å². The van der Waals surface area contributed by atoms with E-state index in [-0.39, 0.29) is 17.9 Å². The molecule has 0 fully saturated rings. The van der Waals surface area contributed by atoms with Gasteiger partial charge in [-0.3, -0.25) is 0 Å². The van der Waals surface area contributed by atoms with E-state index in [9.17, 15) is 13.2 Å². The molecule has 0 radical (unpaired) electrons. The number of anilines is 4. The number of alkyl halides is 3. The van der Waals surface area contributed by atoms with Crippen molar-refractivity contribution in [3.63, 3.8) is 0 Å². The van der Waals surface area contributed by atoms with Crippen LogP contribution in [0.3, 0.4) is 0 Å². The van der Waals surface area contributed by atoms with Crippen molar-refractivity contribution < 1.29 is 17.9 Å². The van der Waals surface area contributed by atoms with Crippen LogP contribution in [0.15, 0.2) is 54.7 Å². The molecule has 0 atom stereocenters. The first kappa shape index (κ1) is 21.4. The topological polar surface area (TPSA) is 50.3 Å². The van der Waals surface area contributed by atoms with Crippen LogP contribution < -0.4 is 15.0 Å². The van der Waals surface area contributed by atoms with Crippen molar-refractivity contribution in [3.05, 3.63) is 65.9 Å². The highest BCUT2D eigenvalue weighted by Crippen LogP contribution is 2.38. The van der Waals surface area contributed by atoms with Crippen molar-refractivity contribution in [2.24, 2.45) is 0 Å². The number of nitrogens with one attached hydrogen (secondary N) is 1. The van der Waals surface area contributed by atoms with Crippen molar-refractivity contribution in [2.45, 2.75) is 33.1 Å². The molecule has 1 N–H and O–H groups in total. The summed E-state index contributed by atoms with van der Waals surface area (Å²) in [4.78, 5) is 9.39. The Balaban J connectivity index is 1.94. The lowest BCUT2D eigenvalue weighted by molar-refractivity contribution is -0.137.